The summed E-state index contributed by atoms with van der Waals surface area (Å²) < 4.78 is 3.12. The maximum atomic E-state index is 12.7. The molecule has 1 aliphatic rings. The minimum Gasteiger partial charge on any atom is -0.295 e. The third kappa shape index (κ3) is 3.16. The lowest BCUT2D eigenvalue weighted by atomic mass is 10.1. The fraction of sp³-hybridized carbons (Fsp3) is 0.150. The Morgan fingerprint density at radius 1 is 1.00 bits per heavy atom. The quantitative estimate of drug-likeness (QED) is 0.613. The molecule has 0 saturated carbocycles. The summed E-state index contributed by atoms with van der Waals surface area (Å²) in [6.45, 7) is 0.175. The van der Waals surface area contributed by atoms with Crippen molar-refractivity contribution in [2.24, 2.45) is 14.1 Å². The van der Waals surface area contributed by atoms with E-state index in [1.54, 1.807) is 47.5 Å². The van der Waals surface area contributed by atoms with E-state index in [1.807, 2.05) is 24.3 Å². The van der Waals surface area contributed by atoms with Crippen molar-refractivity contribution in [2.45, 2.75) is 6.54 Å². The Morgan fingerprint density at radius 3 is 2.50 bits per heavy atom. The summed E-state index contributed by atoms with van der Waals surface area (Å²) in [4.78, 5) is 38.7. The first-order valence-corrected chi connectivity index (χ1v) is 9.70. The van der Waals surface area contributed by atoms with Crippen LogP contribution in [-0.4, -0.2) is 25.2 Å². The summed E-state index contributed by atoms with van der Waals surface area (Å²) in [6, 6.07) is 12.6. The summed E-state index contributed by atoms with van der Waals surface area (Å²) in [6.07, 6.45) is 1.68. The van der Waals surface area contributed by atoms with Crippen molar-refractivity contribution >= 4 is 51.6 Å². The maximum Gasteiger partial charge on any atom is 0.328 e. The molecule has 0 aliphatic carbocycles. The van der Waals surface area contributed by atoms with Gasteiger partial charge in [-0.15, -0.1) is 0 Å². The molecule has 1 saturated heterocycles. The van der Waals surface area contributed by atoms with E-state index in [4.69, 9.17) is 11.6 Å². The van der Waals surface area contributed by atoms with Gasteiger partial charge in [0.2, 0.25) is 0 Å². The molecular formula is C20H16ClN3O3S. The number of hydrogen-bond donors (Lipinski definition) is 0. The number of hydrogen-bond acceptors (Lipinski definition) is 4. The first-order chi connectivity index (χ1) is 13.3. The van der Waals surface area contributed by atoms with E-state index in [-0.39, 0.29) is 23.4 Å². The van der Waals surface area contributed by atoms with E-state index in [9.17, 15) is 14.4 Å². The summed E-state index contributed by atoms with van der Waals surface area (Å²) in [7, 11) is 3.42. The number of thioether (sulfide) groups is 1. The van der Waals surface area contributed by atoms with Crippen LogP contribution in [-0.2, 0) is 25.4 Å². The highest BCUT2D eigenvalue weighted by Gasteiger charge is 2.35. The average molecular weight is 414 g/mol. The molecule has 2 amide bonds. The highest BCUT2D eigenvalue weighted by atomic mass is 35.5. The minimum absolute atomic E-state index is 0.117. The Morgan fingerprint density at radius 2 is 1.75 bits per heavy atom. The van der Waals surface area contributed by atoms with Crippen LogP contribution in [0.1, 0.15) is 11.1 Å². The van der Waals surface area contributed by atoms with Crippen LogP contribution in [0.4, 0.5) is 4.79 Å². The zero-order chi connectivity index (χ0) is 20.0. The molecule has 3 aromatic rings. The van der Waals surface area contributed by atoms with E-state index in [0.717, 1.165) is 33.9 Å². The number of aryl methyl sites for hydroxylation is 2. The molecule has 0 unspecified atom stereocenters. The van der Waals surface area contributed by atoms with Gasteiger partial charge in [-0.2, -0.15) is 0 Å². The number of amides is 2. The summed E-state index contributed by atoms with van der Waals surface area (Å²) in [5.41, 5.74) is 2.99. The van der Waals surface area contributed by atoms with Gasteiger partial charge in [-0.05, 0) is 53.2 Å². The Labute approximate surface area is 170 Å². The van der Waals surface area contributed by atoms with Crippen LogP contribution >= 0.6 is 23.4 Å². The van der Waals surface area contributed by atoms with E-state index in [2.05, 4.69) is 0 Å². The van der Waals surface area contributed by atoms with Crippen molar-refractivity contribution < 1.29 is 9.59 Å². The van der Waals surface area contributed by atoms with Crippen molar-refractivity contribution in [2.75, 3.05) is 0 Å². The molecule has 1 aromatic heterocycles. The van der Waals surface area contributed by atoms with Crippen molar-refractivity contribution in [1.82, 2.24) is 14.0 Å². The van der Waals surface area contributed by atoms with Crippen LogP contribution in [0.5, 0.6) is 0 Å². The second-order valence-corrected chi connectivity index (χ2v) is 7.98. The second kappa shape index (κ2) is 7.00. The zero-order valence-electron chi connectivity index (χ0n) is 15.2. The lowest BCUT2D eigenvalue weighted by molar-refractivity contribution is -0.123. The Kier molecular flexibility index (Phi) is 4.64. The topological polar surface area (TPSA) is 64.3 Å². The Bertz CT molecular complexity index is 1230. The molecule has 0 N–H and O–H groups in total. The van der Waals surface area contributed by atoms with Gasteiger partial charge in [-0.1, -0.05) is 29.8 Å². The monoisotopic (exact) mass is 413 g/mol. The predicted octanol–water partition coefficient (Wildman–Crippen LogP) is 3.77. The smallest absolute Gasteiger partial charge is 0.295 e. The van der Waals surface area contributed by atoms with E-state index >= 15 is 0 Å². The van der Waals surface area contributed by atoms with Crippen LogP contribution in [0.25, 0.3) is 17.1 Å². The highest BCUT2D eigenvalue weighted by Crippen LogP contribution is 2.33. The molecule has 0 bridgehead atoms. The van der Waals surface area contributed by atoms with Crippen molar-refractivity contribution in [3.63, 3.8) is 0 Å². The van der Waals surface area contributed by atoms with E-state index in [1.165, 1.54) is 4.90 Å². The van der Waals surface area contributed by atoms with Crippen molar-refractivity contribution in [3.8, 4) is 0 Å². The number of rotatable bonds is 3. The zero-order valence-corrected chi connectivity index (χ0v) is 16.8. The lowest BCUT2D eigenvalue weighted by Crippen LogP contribution is -2.27. The number of carbonyl (C=O) groups excluding carboxylic acids is 2. The van der Waals surface area contributed by atoms with E-state index in [0.29, 0.717) is 9.93 Å². The SMILES string of the molecule is Cn1c(=O)n(C)c2cc(/C=C3\SC(=O)N(Cc4cccc(Cl)c4)C3=O)ccc21. The van der Waals surface area contributed by atoms with Gasteiger partial charge in [0.05, 0.1) is 22.5 Å². The van der Waals surface area contributed by atoms with Gasteiger partial charge in [0.15, 0.2) is 0 Å². The third-order valence-electron chi connectivity index (χ3n) is 4.70. The number of imide groups is 1. The van der Waals surface area contributed by atoms with Gasteiger partial charge < -0.3 is 0 Å². The summed E-state index contributed by atoms with van der Waals surface area (Å²) >= 11 is 6.89. The number of halogens is 1. The molecule has 2 heterocycles. The number of imidazole rings is 1. The number of benzene rings is 2. The molecule has 1 fully saturated rings. The predicted molar refractivity (Wildman–Crippen MR) is 111 cm³/mol. The number of aromatic nitrogens is 2. The van der Waals surface area contributed by atoms with E-state index < -0.39 is 0 Å². The number of nitrogens with zero attached hydrogens (tertiary/aromatic N) is 3. The van der Waals surface area contributed by atoms with Crippen LogP contribution in [0, 0.1) is 0 Å². The Balaban J connectivity index is 1.64. The molecule has 0 radical (unpaired) electrons. The molecule has 142 valence electrons. The molecular weight excluding hydrogens is 398 g/mol. The van der Waals surface area contributed by atoms with Gasteiger partial charge >= 0.3 is 5.69 Å². The van der Waals surface area contributed by atoms with Crippen LogP contribution in [0.3, 0.4) is 0 Å². The molecule has 2 aromatic carbocycles. The maximum absolute atomic E-state index is 12.7. The van der Waals surface area contributed by atoms with Gasteiger partial charge in [-0.25, -0.2) is 4.79 Å². The van der Waals surface area contributed by atoms with Crippen molar-refractivity contribution in [3.05, 3.63) is 74.0 Å². The van der Waals surface area contributed by atoms with Crippen molar-refractivity contribution in [1.29, 1.82) is 0 Å². The molecule has 0 atom stereocenters. The summed E-state index contributed by atoms with van der Waals surface area (Å²) in [5.74, 6) is -0.336. The van der Waals surface area contributed by atoms with Crippen LogP contribution in [0.15, 0.2) is 52.2 Å². The number of carbonyl (C=O) groups is 2. The van der Waals surface area contributed by atoms with Crippen LogP contribution < -0.4 is 5.69 Å². The average Bonchev–Trinajstić information content (AvgIpc) is 3.05. The lowest BCUT2D eigenvalue weighted by Gasteiger charge is -2.12. The standard InChI is InChI=1S/C20H16ClN3O3S/c1-22-15-7-6-12(9-16(15)23(2)19(22)26)10-17-18(25)24(20(27)28-17)11-13-4-3-5-14(21)8-13/h3-10H,11H2,1-2H3/b17-10-. The second-order valence-electron chi connectivity index (χ2n) is 6.55. The molecule has 8 heteroatoms. The number of fused-ring (bicyclic) bond motifs is 1. The van der Waals surface area contributed by atoms with Gasteiger partial charge in [0.1, 0.15) is 0 Å². The Hall–Kier alpha value is -2.77. The van der Waals surface area contributed by atoms with Gasteiger partial charge in [0.25, 0.3) is 11.1 Å². The largest absolute Gasteiger partial charge is 0.328 e. The van der Waals surface area contributed by atoms with Gasteiger partial charge in [0, 0.05) is 19.1 Å². The fourth-order valence-electron chi connectivity index (χ4n) is 3.22. The molecule has 6 nitrogen and oxygen atoms in total. The fourth-order valence-corrected chi connectivity index (χ4v) is 4.27. The summed E-state index contributed by atoms with van der Waals surface area (Å²) in [5, 5.41) is 0.242. The molecule has 28 heavy (non-hydrogen) atoms. The normalized spacial score (nSPS) is 16.0. The molecule has 0 spiro atoms. The molecule has 4 rings (SSSR count). The highest BCUT2D eigenvalue weighted by molar-refractivity contribution is 8.18. The first kappa shape index (κ1) is 18.6. The first-order valence-electron chi connectivity index (χ1n) is 8.50. The minimum atomic E-state index is -0.336. The van der Waals surface area contributed by atoms with Gasteiger partial charge in [-0.3, -0.25) is 23.6 Å². The van der Waals surface area contributed by atoms with Crippen LogP contribution in [0.2, 0.25) is 5.02 Å². The third-order valence-corrected chi connectivity index (χ3v) is 5.84. The molecule has 1 aliphatic heterocycles.